The molecule has 2 aromatic rings. The van der Waals surface area contributed by atoms with E-state index in [1.165, 1.54) is 18.4 Å². The van der Waals surface area contributed by atoms with Crippen molar-refractivity contribution in [1.82, 2.24) is 9.80 Å². The number of ether oxygens (including phenoxy) is 1. The molecule has 27 heavy (non-hydrogen) atoms. The Bertz CT molecular complexity index is 783. The van der Waals surface area contributed by atoms with Crippen LogP contribution in [0.1, 0.15) is 47.2 Å². The van der Waals surface area contributed by atoms with Gasteiger partial charge in [0.05, 0.1) is 6.54 Å². The van der Waals surface area contributed by atoms with E-state index < -0.39 is 0 Å². The monoisotopic (exact) mass is 368 g/mol. The molecule has 1 aromatic carbocycles. The number of likely N-dealkylation sites (N-methyl/N-ethyl adjacent to an activating group) is 1. The Kier molecular flexibility index (Phi) is 5.21. The Morgan fingerprint density at radius 3 is 2.78 bits per heavy atom. The van der Waals surface area contributed by atoms with Crippen molar-refractivity contribution in [3.05, 3.63) is 53.0 Å². The van der Waals surface area contributed by atoms with Crippen molar-refractivity contribution in [2.75, 3.05) is 26.7 Å². The van der Waals surface area contributed by atoms with Crippen molar-refractivity contribution in [3.8, 4) is 5.75 Å². The maximum atomic E-state index is 12.9. The van der Waals surface area contributed by atoms with Gasteiger partial charge in [-0.1, -0.05) is 25.1 Å². The summed E-state index contributed by atoms with van der Waals surface area (Å²) in [4.78, 5) is 17.0. The average Bonchev–Trinajstić information content (AvgIpc) is 3.40. The van der Waals surface area contributed by atoms with Crippen LogP contribution in [-0.4, -0.2) is 48.5 Å². The molecule has 144 valence electrons. The summed E-state index contributed by atoms with van der Waals surface area (Å²) in [7, 11) is 1.82. The highest BCUT2D eigenvalue weighted by Gasteiger charge is 2.27. The molecule has 5 nitrogen and oxygen atoms in total. The van der Waals surface area contributed by atoms with Crippen molar-refractivity contribution in [3.63, 3.8) is 0 Å². The lowest BCUT2D eigenvalue weighted by molar-refractivity contribution is 0.0698. The van der Waals surface area contributed by atoms with Crippen LogP contribution in [0.15, 0.2) is 34.7 Å². The van der Waals surface area contributed by atoms with Gasteiger partial charge in [-0.2, -0.15) is 0 Å². The predicted octanol–water partition coefficient (Wildman–Crippen LogP) is 3.51. The van der Waals surface area contributed by atoms with E-state index in [1.54, 1.807) is 4.90 Å². The van der Waals surface area contributed by atoms with Gasteiger partial charge in [0.2, 0.25) is 0 Å². The Morgan fingerprint density at radius 2 is 2.04 bits per heavy atom. The fraction of sp³-hybridized carbons (Fsp3) is 0.500. The van der Waals surface area contributed by atoms with Crippen molar-refractivity contribution < 1.29 is 13.9 Å². The molecule has 0 unspecified atom stereocenters. The molecule has 0 radical (unpaired) electrons. The molecule has 4 rings (SSSR count). The van der Waals surface area contributed by atoms with Gasteiger partial charge < -0.3 is 14.1 Å². The third-order valence-electron chi connectivity index (χ3n) is 5.56. The van der Waals surface area contributed by atoms with Crippen molar-refractivity contribution in [2.24, 2.45) is 0 Å². The van der Waals surface area contributed by atoms with Crippen LogP contribution in [0.4, 0.5) is 0 Å². The van der Waals surface area contributed by atoms with Gasteiger partial charge in [0.1, 0.15) is 17.6 Å². The molecule has 2 aliphatic heterocycles. The maximum Gasteiger partial charge on any atom is 0.289 e. The van der Waals surface area contributed by atoms with Gasteiger partial charge in [-0.25, -0.2) is 0 Å². The number of carbonyl (C=O) groups excluding carboxylic acids is 1. The second-order valence-corrected chi connectivity index (χ2v) is 7.63. The van der Waals surface area contributed by atoms with Crippen molar-refractivity contribution >= 4 is 5.91 Å². The first kappa shape index (κ1) is 18.1. The first-order valence-electron chi connectivity index (χ1n) is 9.98. The molecule has 1 amide bonds. The van der Waals surface area contributed by atoms with E-state index in [0.29, 0.717) is 12.3 Å². The van der Waals surface area contributed by atoms with Gasteiger partial charge in [0.15, 0.2) is 5.76 Å². The molecule has 5 heteroatoms. The van der Waals surface area contributed by atoms with E-state index in [1.807, 2.05) is 31.3 Å². The van der Waals surface area contributed by atoms with Crippen LogP contribution in [-0.2, 0) is 19.4 Å². The summed E-state index contributed by atoms with van der Waals surface area (Å²) in [6, 6.07) is 10.0. The predicted molar refractivity (Wildman–Crippen MR) is 104 cm³/mol. The van der Waals surface area contributed by atoms with E-state index in [4.69, 9.17) is 9.15 Å². The van der Waals surface area contributed by atoms with Gasteiger partial charge in [0, 0.05) is 32.0 Å². The average molecular weight is 368 g/mol. The minimum Gasteiger partial charge on any atom is -0.488 e. The Morgan fingerprint density at radius 1 is 1.26 bits per heavy atom. The first-order chi connectivity index (χ1) is 13.1. The molecule has 0 saturated carbocycles. The number of aryl methyl sites for hydroxylation is 1. The van der Waals surface area contributed by atoms with E-state index in [0.717, 1.165) is 49.5 Å². The molecular formula is C22H28N2O3. The van der Waals surface area contributed by atoms with E-state index >= 15 is 0 Å². The minimum atomic E-state index is -0.0723. The second kappa shape index (κ2) is 7.77. The highest BCUT2D eigenvalue weighted by Crippen LogP contribution is 2.29. The fourth-order valence-electron chi connectivity index (χ4n) is 4.12. The van der Waals surface area contributed by atoms with Crippen LogP contribution < -0.4 is 4.74 Å². The number of amides is 1. The van der Waals surface area contributed by atoms with E-state index in [9.17, 15) is 4.79 Å². The lowest BCUT2D eigenvalue weighted by atomic mass is 10.1. The molecule has 3 heterocycles. The number of fused-ring (bicyclic) bond motifs is 1. The molecule has 0 spiro atoms. The number of furan rings is 1. The normalized spacial score (nSPS) is 19.1. The number of likely N-dealkylation sites (tertiary alicyclic amines) is 1. The smallest absolute Gasteiger partial charge is 0.289 e. The highest BCUT2D eigenvalue weighted by molar-refractivity contribution is 5.91. The summed E-state index contributed by atoms with van der Waals surface area (Å²) < 4.78 is 11.9. The first-order valence-corrected chi connectivity index (χ1v) is 9.98. The molecule has 0 aliphatic carbocycles. The molecule has 1 atom stereocenters. The quantitative estimate of drug-likeness (QED) is 0.783. The summed E-state index contributed by atoms with van der Waals surface area (Å²) in [5, 5.41) is 0. The number of benzene rings is 1. The van der Waals surface area contributed by atoms with Crippen LogP contribution in [0.3, 0.4) is 0 Å². The zero-order chi connectivity index (χ0) is 18.8. The molecule has 1 aromatic heterocycles. The standard InChI is InChI=1S/C22H28N2O3/c1-3-19-17(14-24-10-6-7-11-24)13-21(27-19)22(25)23(2)15-18-12-16-8-4-5-9-20(16)26-18/h4-5,8-9,13,18H,3,6-7,10-12,14-15H2,1-2H3/t18-/m1/s1. The maximum absolute atomic E-state index is 12.9. The molecule has 1 saturated heterocycles. The van der Waals surface area contributed by atoms with Crippen molar-refractivity contribution in [2.45, 2.75) is 45.3 Å². The summed E-state index contributed by atoms with van der Waals surface area (Å²) in [5.41, 5.74) is 2.36. The zero-order valence-electron chi connectivity index (χ0n) is 16.2. The lowest BCUT2D eigenvalue weighted by Crippen LogP contribution is -2.36. The summed E-state index contributed by atoms with van der Waals surface area (Å²) in [5.74, 6) is 2.24. The topological polar surface area (TPSA) is 45.9 Å². The van der Waals surface area contributed by atoms with Crippen LogP contribution >= 0.6 is 0 Å². The summed E-state index contributed by atoms with van der Waals surface area (Å²) in [6.45, 7) is 5.78. The van der Waals surface area contributed by atoms with Gasteiger partial charge in [-0.05, 0) is 43.6 Å². The molecule has 2 aliphatic rings. The number of para-hydroxylation sites is 1. The summed E-state index contributed by atoms with van der Waals surface area (Å²) >= 11 is 0. The van der Waals surface area contributed by atoms with Crippen LogP contribution in [0, 0.1) is 0 Å². The van der Waals surface area contributed by atoms with Crippen LogP contribution in [0.25, 0.3) is 0 Å². The zero-order valence-corrected chi connectivity index (χ0v) is 16.2. The molecule has 0 N–H and O–H groups in total. The number of rotatable bonds is 6. The molecule has 0 bridgehead atoms. The van der Waals surface area contributed by atoms with Gasteiger partial charge in [-0.15, -0.1) is 0 Å². The van der Waals surface area contributed by atoms with Gasteiger partial charge >= 0.3 is 0 Å². The Hall–Kier alpha value is -2.27. The largest absolute Gasteiger partial charge is 0.488 e. The van der Waals surface area contributed by atoms with Crippen molar-refractivity contribution in [1.29, 1.82) is 0 Å². The van der Waals surface area contributed by atoms with E-state index in [-0.39, 0.29) is 12.0 Å². The Labute approximate surface area is 160 Å². The summed E-state index contributed by atoms with van der Waals surface area (Å²) in [6.07, 6.45) is 4.17. The van der Waals surface area contributed by atoms with Gasteiger partial charge in [0.25, 0.3) is 5.91 Å². The number of hydrogen-bond acceptors (Lipinski definition) is 4. The van der Waals surface area contributed by atoms with Crippen LogP contribution in [0.5, 0.6) is 5.75 Å². The third kappa shape index (κ3) is 3.88. The second-order valence-electron chi connectivity index (χ2n) is 7.63. The highest BCUT2D eigenvalue weighted by atomic mass is 16.5. The number of nitrogens with zero attached hydrogens (tertiary/aromatic N) is 2. The van der Waals surface area contributed by atoms with E-state index in [2.05, 4.69) is 17.9 Å². The number of hydrogen-bond donors (Lipinski definition) is 0. The lowest BCUT2D eigenvalue weighted by Gasteiger charge is -2.20. The SMILES string of the molecule is CCc1oc(C(=O)N(C)C[C@H]2Cc3ccccc3O2)cc1CN1CCCC1. The molecular weight excluding hydrogens is 340 g/mol. The van der Waals surface area contributed by atoms with Crippen LogP contribution in [0.2, 0.25) is 0 Å². The number of carbonyl (C=O) groups is 1. The van der Waals surface area contributed by atoms with Gasteiger partial charge in [-0.3, -0.25) is 9.69 Å². The molecule has 1 fully saturated rings. The minimum absolute atomic E-state index is 0.000952. The fourth-order valence-corrected chi connectivity index (χ4v) is 4.12. The Balaban J connectivity index is 1.40. The third-order valence-corrected chi connectivity index (χ3v) is 5.56.